The molecule has 5 N–H and O–H groups in total. The predicted molar refractivity (Wildman–Crippen MR) is 89.5 cm³/mol. The van der Waals surface area contributed by atoms with Gasteiger partial charge in [-0.25, -0.2) is 4.79 Å². The van der Waals surface area contributed by atoms with Crippen molar-refractivity contribution < 1.29 is 19.8 Å². The molecule has 6 heteroatoms. The van der Waals surface area contributed by atoms with E-state index < -0.39 is 24.0 Å². The lowest BCUT2D eigenvalue weighted by molar-refractivity contribution is -0.141. The third kappa shape index (κ3) is 5.10. The number of aliphatic carboxylic acids is 1. The van der Waals surface area contributed by atoms with Gasteiger partial charge in [0.2, 0.25) is 5.91 Å². The van der Waals surface area contributed by atoms with Crippen molar-refractivity contribution in [3.63, 3.8) is 0 Å². The zero-order chi connectivity index (χ0) is 17.5. The minimum absolute atomic E-state index is 0.130. The molecular weight excluding hydrogens is 308 g/mol. The number of rotatable bonds is 7. The van der Waals surface area contributed by atoms with E-state index in [1.807, 2.05) is 18.2 Å². The summed E-state index contributed by atoms with van der Waals surface area (Å²) in [6, 6.07) is 13.5. The van der Waals surface area contributed by atoms with Crippen molar-refractivity contribution in [2.24, 2.45) is 5.73 Å². The van der Waals surface area contributed by atoms with Crippen molar-refractivity contribution in [1.29, 1.82) is 0 Å². The summed E-state index contributed by atoms with van der Waals surface area (Å²) >= 11 is 0. The highest BCUT2D eigenvalue weighted by molar-refractivity contribution is 5.87. The third-order valence-corrected chi connectivity index (χ3v) is 3.63. The number of phenols is 1. The van der Waals surface area contributed by atoms with Gasteiger partial charge in [-0.15, -0.1) is 0 Å². The molecule has 2 aromatic rings. The smallest absolute Gasteiger partial charge is 0.326 e. The van der Waals surface area contributed by atoms with Gasteiger partial charge in [0.25, 0.3) is 0 Å². The van der Waals surface area contributed by atoms with Crippen LogP contribution in [0.15, 0.2) is 54.6 Å². The second kappa shape index (κ2) is 8.12. The van der Waals surface area contributed by atoms with Crippen LogP contribution in [-0.4, -0.2) is 34.2 Å². The van der Waals surface area contributed by atoms with E-state index in [1.165, 1.54) is 12.1 Å². The van der Waals surface area contributed by atoms with Crippen molar-refractivity contribution in [1.82, 2.24) is 5.32 Å². The standard InChI is InChI=1S/C18H20N2O4/c19-15(10-13-6-8-14(21)9-7-13)17(22)20-16(18(23)24)11-12-4-2-1-3-5-12/h1-9,15-16,21H,10-11,19H2,(H,20,22)(H,23,24)/t15-,16-/m1/s1. The Kier molecular flexibility index (Phi) is 5.92. The highest BCUT2D eigenvalue weighted by Crippen LogP contribution is 2.11. The number of hydrogen-bond donors (Lipinski definition) is 4. The Bertz CT molecular complexity index is 686. The molecule has 6 nitrogen and oxygen atoms in total. The molecule has 0 saturated carbocycles. The Morgan fingerprint density at radius 2 is 1.54 bits per heavy atom. The normalized spacial score (nSPS) is 13.0. The first-order valence-corrected chi connectivity index (χ1v) is 7.56. The van der Waals surface area contributed by atoms with E-state index in [9.17, 15) is 19.8 Å². The van der Waals surface area contributed by atoms with E-state index in [1.54, 1.807) is 24.3 Å². The maximum absolute atomic E-state index is 12.2. The molecule has 0 bridgehead atoms. The van der Waals surface area contributed by atoms with E-state index in [0.29, 0.717) is 0 Å². The highest BCUT2D eigenvalue weighted by Gasteiger charge is 2.23. The molecule has 0 aromatic heterocycles. The van der Waals surface area contributed by atoms with E-state index in [-0.39, 0.29) is 18.6 Å². The second-order valence-corrected chi connectivity index (χ2v) is 5.57. The van der Waals surface area contributed by atoms with Crippen molar-refractivity contribution in [3.05, 3.63) is 65.7 Å². The van der Waals surface area contributed by atoms with Crippen LogP contribution in [0.1, 0.15) is 11.1 Å². The number of carbonyl (C=O) groups excluding carboxylic acids is 1. The molecule has 1 amide bonds. The quantitative estimate of drug-likeness (QED) is 0.607. The molecule has 0 fully saturated rings. The molecule has 0 unspecified atom stereocenters. The molecular formula is C18H20N2O4. The first-order valence-electron chi connectivity index (χ1n) is 7.56. The number of carbonyl (C=O) groups is 2. The van der Waals surface area contributed by atoms with Crippen LogP contribution >= 0.6 is 0 Å². The van der Waals surface area contributed by atoms with Crippen LogP contribution in [0.5, 0.6) is 5.75 Å². The molecule has 0 heterocycles. The van der Waals surface area contributed by atoms with Crippen LogP contribution in [0.3, 0.4) is 0 Å². The largest absolute Gasteiger partial charge is 0.508 e. The zero-order valence-corrected chi connectivity index (χ0v) is 13.1. The molecule has 0 saturated heterocycles. The number of amides is 1. The SMILES string of the molecule is N[C@H](Cc1ccc(O)cc1)C(=O)N[C@H](Cc1ccccc1)C(=O)O. The molecule has 0 aliphatic carbocycles. The summed E-state index contributed by atoms with van der Waals surface area (Å²) in [6.45, 7) is 0. The fourth-order valence-corrected chi connectivity index (χ4v) is 2.31. The number of carboxylic acid groups (broad SMARTS) is 1. The Morgan fingerprint density at radius 1 is 0.958 bits per heavy atom. The van der Waals surface area contributed by atoms with Gasteiger partial charge in [-0.3, -0.25) is 4.79 Å². The number of hydrogen-bond acceptors (Lipinski definition) is 4. The highest BCUT2D eigenvalue weighted by atomic mass is 16.4. The summed E-state index contributed by atoms with van der Waals surface area (Å²) in [6.07, 6.45) is 0.442. The summed E-state index contributed by atoms with van der Waals surface area (Å²) in [5.41, 5.74) is 7.46. The monoisotopic (exact) mass is 328 g/mol. The lowest BCUT2D eigenvalue weighted by Crippen LogP contribution is -2.50. The Balaban J connectivity index is 1.96. The van der Waals surface area contributed by atoms with Crippen LogP contribution < -0.4 is 11.1 Å². The van der Waals surface area contributed by atoms with E-state index >= 15 is 0 Å². The van der Waals surface area contributed by atoms with Crippen molar-refractivity contribution in [2.75, 3.05) is 0 Å². The van der Waals surface area contributed by atoms with E-state index in [0.717, 1.165) is 11.1 Å². The molecule has 126 valence electrons. The van der Waals surface area contributed by atoms with Gasteiger partial charge in [0.15, 0.2) is 0 Å². The summed E-state index contributed by atoms with van der Waals surface area (Å²) in [4.78, 5) is 23.5. The molecule has 2 atom stereocenters. The lowest BCUT2D eigenvalue weighted by Gasteiger charge is -2.18. The number of carboxylic acids is 1. The van der Waals surface area contributed by atoms with E-state index in [2.05, 4.69) is 5.32 Å². The molecule has 2 aromatic carbocycles. The number of aromatic hydroxyl groups is 1. The first-order chi connectivity index (χ1) is 11.5. The number of nitrogens with one attached hydrogen (secondary N) is 1. The Labute approximate surface area is 139 Å². The van der Waals surface area contributed by atoms with E-state index in [4.69, 9.17) is 5.73 Å². The van der Waals surface area contributed by atoms with Gasteiger partial charge >= 0.3 is 5.97 Å². The van der Waals surface area contributed by atoms with Gasteiger partial charge in [-0.2, -0.15) is 0 Å². The zero-order valence-electron chi connectivity index (χ0n) is 13.1. The van der Waals surface area contributed by atoms with Gasteiger partial charge in [-0.05, 0) is 29.7 Å². The maximum atomic E-state index is 12.2. The third-order valence-electron chi connectivity index (χ3n) is 3.63. The van der Waals surface area contributed by atoms with Crippen LogP contribution in [0.4, 0.5) is 0 Å². The molecule has 2 rings (SSSR count). The summed E-state index contributed by atoms with van der Waals surface area (Å²) in [7, 11) is 0. The van der Waals surface area contributed by atoms with Crippen molar-refractivity contribution in [3.8, 4) is 5.75 Å². The van der Waals surface area contributed by atoms with Crippen LogP contribution in [0, 0.1) is 0 Å². The predicted octanol–water partition coefficient (Wildman–Crippen LogP) is 1.07. The average molecular weight is 328 g/mol. The molecule has 0 spiro atoms. The number of phenolic OH excluding ortho intramolecular Hbond substituents is 1. The van der Waals surface area contributed by atoms with Gasteiger partial charge in [0.05, 0.1) is 6.04 Å². The van der Waals surface area contributed by atoms with Crippen LogP contribution in [-0.2, 0) is 22.4 Å². The molecule has 24 heavy (non-hydrogen) atoms. The lowest BCUT2D eigenvalue weighted by atomic mass is 10.0. The Hall–Kier alpha value is -2.86. The molecule has 0 aliphatic rings. The van der Waals surface area contributed by atoms with Crippen LogP contribution in [0.2, 0.25) is 0 Å². The number of nitrogens with two attached hydrogens (primary N) is 1. The first kappa shape index (κ1) is 17.5. The fourth-order valence-electron chi connectivity index (χ4n) is 2.31. The Morgan fingerprint density at radius 3 is 2.12 bits per heavy atom. The minimum atomic E-state index is -1.11. The van der Waals surface area contributed by atoms with Crippen molar-refractivity contribution in [2.45, 2.75) is 24.9 Å². The summed E-state index contributed by atoms with van der Waals surface area (Å²) < 4.78 is 0. The summed E-state index contributed by atoms with van der Waals surface area (Å²) in [5, 5.41) is 21.0. The van der Waals surface area contributed by atoms with Crippen LogP contribution in [0.25, 0.3) is 0 Å². The van der Waals surface area contributed by atoms with Gasteiger partial charge in [0.1, 0.15) is 11.8 Å². The van der Waals surface area contributed by atoms with Crippen molar-refractivity contribution >= 4 is 11.9 Å². The van der Waals surface area contributed by atoms with Gasteiger partial charge < -0.3 is 21.3 Å². The minimum Gasteiger partial charge on any atom is -0.508 e. The fraction of sp³-hybridized carbons (Fsp3) is 0.222. The average Bonchev–Trinajstić information content (AvgIpc) is 2.57. The second-order valence-electron chi connectivity index (χ2n) is 5.57. The molecule has 0 aliphatic heterocycles. The topological polar surface area (TPSA) is 113 Å². The number of benzene rings is 2. The maximum Gasteiger partial charge on any atom is 0.326 e. The van der Waals surface area contributed by atoms with Gasteiger partial charge in [-0.1, -0.05) is 42.5 Å². The molecule has 0 radical (unpaired) electrons. The summed E-state index contributed by atoms with van der Waals surface area (Å²) in [5.74, 6) is -1.50. The van der Waals surface area contributed by atoms with Gasteiger partial charge in [0, 0.05) is 6.42 Å².